The molecule has 0 saturated heterocycles. The van der Waals surface area contributed by atoms with Gasteiger partial charge in [-0.3, -0.25) is 14.9 Å². The fourth-order valence-electron chi connectivity index (χ4n) is 1.98. The predicted octanol–water partition coefficient (Wildman–Crippen LogP) is 2.82. The molecular formula is C16H14ClN3O6. The van der Waals surface area contributed by atoms with E-state index in [1.165, 1.54) is 18.3 Å². The van der Waals surface area contributed by atoms with E-state index in [-0.39, 0.29) is 27.8 Å². The van der Waals surface area contributed by atoms with Gasteiger partial charge in [-0.1, -0.05) is 11.6 Å². The molecule has 136 valence electrons. The van der Waals surface area contributed by atoms with Crippen molar-refractivity contribution >= 4 is 29.4 Å². The molecule has 0 aliphatic heterocycles. The number of ether oxygens (including phenoxy) is 1. The number of phenolic OH excluding ortho intramolecular Hbond substituents is 2. The third kappa shape index (κ3) is 4.39. The second-order valence-electron chi connectivity index (χ2n) is 4.94. The van der Waals surface area contributed by atoms with E-state index in [0.29, 0.717) is 12.2 Å². The minimum atomic E-state index is -0.836. The van der Waals surface area contributed by atoms with E-state index in [1.54, 1.807) is 6.92 Å². The molecule has 0 atom stereocenters. The van der Waals surface area contributed by atoms with E-state index in [1.807, 2.05) is 0 Å². The lowest BCUT2D eigenvalue weighted by atomic mass is 10.1. The largest absolute Gasteiger partial charge is 0.507 e. The Bertz CT molecular complexity index is 885. The summed E-state index contributed by atoms with van der Waals surface area (Å²) >= 11 is 5.88. The number of phenols is 2. The molecule has 0 heterocycles. The van der Waals surface area contributed by atoms with E-state index >= 15 is 0 Å². The third-order valence-corrected chi connectivity index (χ3v) is 3.45. The second kappa shape index (κ2) is 8.17. The molecule has 2 aromatic carbocycles. The number of hydrazone groups is 1. The normalized spacial score (nSPS) is 10.7. The van der Waals surface area contributed by atoms with Gasteiger partial charge in [0.25, 0.3) is 11.6 Å². The number of hydrogen-bond acceptors (Lipinski definition) is 7. The summed E-state index contributed by atoms with van der Waals surface area (Å²) in [6, 6.07) is 5.92. The third-order valence-electron chi connectivity index (χ3n) is 3.17. The average molecular weight is 380 g/mol. The fourth-order valence-corrected chi connectivity index (χ4v) is 2.20. The first-order valence-corrected chi connectivity index (χ1v) is 7.67. The molecule has 0 spiro atoms. The van der Waals surface area contributed by atoms with Crippen LogP contribution >= 0.6 is 11.6 Å². The maximum absolute atomic E-state index is 12.0. The summed E-state index contributed by atoms with van der Waals surface area (Å²) in [5.41, 5.74) is 1.93. The molecule has 3 N–H and O–H groups in total. The zero-order valence-electron chi connectivity index (χ0n) is 13.5. The Morgan fingerprint density at radius 2 is 2.12 bits per heavy atom. The fraction of sp³-hybridized carbons (Fsp3) is 0.125. The highest BCUT2D eigenvalue weighted by Crippen LogP contribution is 2.34. The molecule has 1 amide bonds. The molecule has 10 heteroatoms. The zero-order valence-corrected chi connectivity index (χ0v) is 14.2. The molecule has 9 nitrogen and oxygen atoms in total. The van der Waals surface area contributed by atoms with Crippen LogP contribution in [-0.2, 0) is 0 Å². The van der Waals surface area contributed by atoms with Crippen LogP contribution in [0.25, 0.3) is 0 Å². The van der Waals surface area contributed by atoms with E-state index in [2.05, 4.69) is 10.5 Å². The summed E-state index contributed by atoms with van der Waals surface area (Å²) in [6.45, 7) is 2.05. The van der Waals surface area contributed by atoms with Crippen molar-refractivity contribution in [3.8, 4) is 17.2 Å². The number of nitro benzene ring substituents is 1. The van der Waals surface area contributed by atoms with Gasteiger partial charge in [-0.2, -0.15) is 5.10 Å². The number of nitrogens with zero attached hydrogens (tertiary/aromatic N) is 2. The smallest absolute Gasteiger partial charge is 0.275 e. The van der Waals surface area contributed by atoms with Crippen molar-refractivity contribution in [3.63, 3.8) is 0 Å². The van der Waals surface area contributed by atoms with Crippen LogP contribution in [0, 0.1) is 10.1 Å². The number of halogens is 1. The molecular weight excluding hydrogens is 366 g/mol. The van der Waals surface area contributed by atoms with E-state index < -0.39 is 16.6 Å². The van der Waals surface area contributed by atoms with Crippen LogP contribution in [0.3, 0.4) is 0 Å². The summed E-state index contributed by atoms with van der Waals surface area (Å²) in [4.78, 5) is 22.1. The van der Waals surface area contributed by atoms with Gasteiger partial charge in [0, 0.05) is 12.1 Å². The van der Waals surface area contributed by atoms with Gasteiger partial charge in [-0.05, 0) is 30.7 Å². The summed E-state index contributed by atoms with van der Waals surface area (Å²) in [7, 11) is 0. The minimum Gasteiger partial charge on any atom is -0.507 e. The van der Waals surface area contributed by atoms with Crippen LogP contribution in [0.1, 0.15) is 22.8 Å². The van der Waals surface area contributed by atoms with Crippen LogP contribution in [0.15, 0.2) is 35.4 Å². The van der Waals surface area contributed by atoms with Crippen molar-refractivity contribution < 1.29 is 24.7 Å². The Kier molecular flexibility index (Phi) is 5.97. The molecule has 0 aliphatic carbocycles. The van der Waals surface area contributed by atoms with Gasteiger partial charge in [-0.15, -0.1) is 0 Å². The molecule has 0 bridgehead atoms. The lowest BCUT2D eigenvalue weighted by Gasteiger charge is -2.08. The highest BCUT2D eigenvalue weighted by molar-refractivity contribution is 6.32. The lowest BCUT2D eigenvalue weighted by Crippen LogP contribution is -2.18. The summed E-state index contributed by atoms with van der Waals surface area (Å²) in [5, 5.41) is 33.9. The maximum Gasteiger partial charge on any atom is 0.275 e. The average Bonchev–Trinajstić information content (AvgIpc) is 2.59. The first-order chi connectivity index (χ1) is 12.3. The molecule has 0 aromatic heterocycles. The first-order valence-electron chi connectivity index (χ1n) is 7.29. The number of non-ortho nitro benzene ring substituents is 1. The SMILES string of the molecule is CCOc1cc(/C=N\NC(=O)c2cc([N+](=O)[O-])ccc2O)cc(Cl)c1O. The van der Waals surface area contributed by atoms with Gasteiger partial charge in [0.05, 0.1) is 28.3 Å². The van der Waals surface area contributed by atoms with Crippen LogP contribution in [-0.4, -0.2) is 33.9 Å². The molecule has 0 radical (unpaired) electrons. The molecule has 2 rings (SSSR count). The first kappa shape index (κ1) is 19.0. The number of amides is 1. The van der Waals surface area contributed by atoms with Crippen LogP contribution < -0.4 is 10.2 Å². The predicted molar refractivity (Wildman–Crippen MR) is 94.1 cm³/mol. The van der Waals surface area contributed by atoms with Crippen LogP contribution in [0.4, 0.5) is 5.69 Å². The van der Waals surface area contributed by atoms with Gasteiger partial charge >= 0.3 is 0 Å². The van der Waals surface area contributed by atoms with Gasteiger partial charge < -0.3 is 14.9 Å². The molecule has 0 fully saturated rings. The number of rotatable bonds is 6. The van der Waals surface area contributed by atoms with Crippen molar-refractivity contribution in [2.75, 3.05) is 6.61 Å². The number of hydrogen-bond donors (Lipinski definition) is 3. The molecule has 0 unspecified atom stereocenters. The van der Waals surface area contributed by atoms with Crippen LogP contribution in [0.5, 0.6) is 17.2 Å². The molecule has 26 heavy (non-hydrogen) atoms. The van der Waals surface area contributed by atoms with Crippen molar-refractivity contribution in [2.45, 2.75) is 6.92 Å². The quantitative estimate of drug-likeness (QED) is 0.401. The second-order valence-corrected chi connectivity index (χ2v) is 5.35. The Labute approximate surface area is 152 Å². The summed E-state index contributed by atoms with van der Waals surface area (Å²) in [5.74, 6) is -1.31. The lowest BCUT2D eigenvalue weighted by molar-refractivity contribution is -0.384. The summed E-state index contributed by atoms with van der Waals surface area (Å²) in [6.07, 6.45) is 1.24. The Hall–Kier alpha value is -3.33. The summed E-state index contributed by atoms with van der Waals surface area (Å²) < 4.78 is 5.23. The number of aromatic hydroxyl groups is 2. The number of carbonyl (C=O) groups excluding carboxylic acids is 1. The maximum atomic E-state index is 12.0. The van der Waals surface area contributed by atoms with Gasteiger partial charge in [0.1, 0.15) is 5.75 Å². The Balaban J connectivity index is 2.17. The van der Waals surface area contributed by atoms with Crippen LogP contribution in [0.2, 0.25) is 5.02 Å². The zero-order chi connectivity index (χ0) is 19.3. The highest BCUT2D eigenvalue weighted by Gasteiger charge is 2.16. The molecule has 2 aromatic rings. The van der Waals surface area contributed by atoms with Crippen molar-refractivity contribution in [3.05, 3.63) is 56.6 Å². The number of carbonyl (C=O) groups is 1. The molecule has 0 aliphatic rings. The highest BCUT2D eigenvalue weighted by atomic mass is 35.5. The van der Waals surface area contributed by atoms with Gasteiger partial charge in [0.15, 0.2) is 11.5 Å². The molecule has 0 saturated carbocycles. The van der Waals surface area contributed by atoms with Crippen molar-refractivity contribution in [2.24, 2.45) is 5.10 Å². The topological polar surface area (TPSA) is 134 Å². The van der Waals surface area contributed by atoms with E-state index in [0.717, 1.165) is 18.2 Å². The van der Waals surface area contributed by atoms with Gasteiger partial charge in [-0.25, -0.2) is 5.43 Å². The standard InChI is InChI=1S/C16H14ClN3O6/c1-2-26-14-6-9(5-12(17)15(14)22)8-18-19-16(23)11-7-10(20(24)25)3-4-13(11)21/h3-8,21-22H,2H2,1H3,(H,19,23)/b18-8-. The van der Waals surface area contributed by atoms with Gasteiger partial charge in [0.2, 0.25) is 0 Å². The number of benzene rings is 2. The Morgan fingerprint density at radius 3 is 2.77 bits per heavy atom. The number of nitrogens with one attached hydrogen (secondary N) is 1. The van der Waals surface area contributed by atoms with Crippen molar-refractivity contribution in [1.82, 2.24) is 5.43 Å². The van der Waals surface area contributed by atoms with E-state index in [9.17, 15) is 25.1 Å². The van der Waals surface area contributed by atoms with E-state index in [4.69, 9.17) is 16.3 Å². The number of nitro groups is 1. The minimum absolute atomic E-state index is 0.0417. The monoisotopic (exact) mass is 379 g/mol. The Morgan fingerprint density at radius 1 is 1.38 bits per heavy atom. The van der Waals surface area contributed by atoms with Crippen molar-refractivity contribution in [1.29, 1.82) is 0 Å².